The van der Waals surface area contributed by atoms with Crippen molar-refractivity contribution < 1.29 is 9.21 Å². The summed E-state index contributed by atoms with van der Waals surface area (Å²) < 4.78 is 5.48. The van der Waals surface area contributed by atoms with Crippen LogP contribution >= 0.6 is 0 Å². The van der Waals surface area contributed by atoms with Crippen LogP contribution in [0.25, 0.3) is 11.4 Å². The molecule has 0 bridgehead atoms. The third kappa shape index (κ3) is 2.67. The Kier molecular flexibility index (Phi) is 3.78. The maximum absolute atomic E-state index is 12.8. The van der Waals surface area contributed by atoms with Gasteiger partial charge in [-0.1, -0.05) is 0 Å². The van der Waals surface area contributed by atoms with Gasteiger partial charge in [-0.3, -0.25) is 9.78 Å². The highest BCUT2D eigenvalue weighted by Crippen LogP contribution is 2.33. The van der Waals surface area contributed by atoms with Crippen molar-refractivity contribution in [2.45, 2.75) is 18.9 Å². The van der Waals surface area contributed by atoms with Crippen LogP contribution in [0.3, 0.4) is 0 Å². The smallest absolute Gasteiger partial charge is 0.257 e. The van der Waals surface area contributed by atoms with Crippen molar-refractivity contribution in [3.63, 3.8) is 0 Å². The van der Waals surface area contributed by atoms with Gasteiger partial charge in [0.1, 0.15) is 5.76 Å². The summed E-state index contributed by atoms with van der Waals surface area (Å²) in [4.78, 5) is 27.3. The fraction of sp³-hybridized carbons (Fsp3) is 0.222. The Morgan fingerprint density at radius 2 is 2.04 bits per heavy atom. The lowest BCUT2D eigenvalue weighted by Gasteiger charge is -2.22. The van der Waals surface area contributed by atoms with Crippen LogP contribution in [0.2, 0.25) is 0 Å². The minimum Gasteiger partial charge on any atom is -0.467 e. The molecule has 1 aliphatic rings. The summed E-state index contributed by atoms with van der Waals surface area (Å²) in [6.45, 7) is 0.717. The number of furan rings is 1. The van der Waals surface area contributed by atoms with Crippen LogP contribution in [0, 0.1) is 0 Å². The second-order valence-electron chi connectivity index (χ2n) is 5.71. The van der Waals surface area contributed by atoms with E-state index in [1.54, 1.807) is 31.1 Å². The van der Waals surface area contributed by atoms with Crippen LogP contribution in [0.15, 0.2) is 59.7 Å². The lowest BCUT2D eigenvalue weighted by Crippen LogP contribution is -2.30. The molecule has 3 aromatic heterocycles. The van der Waals surface area contributed by atoms with E-state index < -0.39 is 0 Å². The summed E-state index contributed by atoms with van der Waals surface area (Å²) >= 11 is 0. The van der Waals surface area contributed by atoms with E-state index in [1.807, 2.05) is 29.2 Å². The number of rotatable bonds is 3. The van der Waals surface area contributed by atoms with E-state index in [0.29, 0.717) is 17.9 Å². The predicted molar refractivity (Wildman–Crippen MR) is 87.0 cm³/mol. The maximum atomic E-state index is 12.8. The van der Waals surface area contributed by atoms with E-state index in [1.165, 1.54) is 0 Å². The van der Waals surface area contributed by atoms with Crippen molar-refractivity contribution in [3.05, 3.63) is 66.6 Å². The molecule has 3 aromatic rings. The van der Waals surface area contributed by atoms with Crippen molar-refractivity contribution in [1.82, 2.24) is 19.9 Å². The van der Waals surface area contributed by atoms with E-state index in [2.05, 4.69) is 15.0 Å². The highest BCUT2D eigenvalue weighted by atomic mass is 16.3. The second kappa shape index (κ2) is 6.23. The number of carbonyl (C=O) groups is 1. The molecule has 1 saturated heterocycles. The van der Waals surface area contributed by atoms with Gasteiger partial charge in [-0.25, -0.2) is 9.97 Å². The number of likely N-dealkylation sites (tertiary alicyclic amines) is 1. The Morgan fingerprint density at radius 1 is 1.17 bits per heavy atom. The fourth-order valence-electron chi connectivity index (χ4n) is 3.03. The van der Waals surface area contributed by atoms with E-state index in [4.69, 9.17) is 4.42 Å². The highest BCUT2D eigenvalue weighted by Gasteiger charge is 2.32. The average molecular weight is 320 g/mol. The lowest BCUT2D eigenvalue weighted by atomic mass is 10.1. The molecule has 0 N–H and O–H groups in total. The van der Waals surface area contributed by atoms with Gasteiger partial charge in [0.15, 0.2) is 5.82 Å². The monoisotopic (exact) mass is 320 g/mol. The third-order valence-corrected chi connectivity index (χ3v) is 4.20. The van der Waals surface area contributed by atoms with Gasteiger partial charge in [-0.15, -0.1) is 0 Å². The summed E-state index contributed by atoms with van der Waals surface area (Å²) in [5.41, 5.74) is 1.31. The standard InChI is InChI=1S/C18H16N4O2/c23-18(22-8-2-5-15(22)16-6-3-9-24-16)14-11-20-17(21-12-14)13-4-1-7-19-10-13/h1,3-4,6-7,9-12,15H,2,5,8H2/t15-/m1/s1. The number of hydrogen-bond donors (Lipinski definition) is 0. The number of aromatic nitrogens is 3. The molecule has 0 aromatic carbocycles. The largest absolute Gasteiger partial charge is 0.467 e. The summed E-state index contributed by atoms with van der Waals surface area (Å²) in [6.07, 6.45) is 10.1. The first kappa shape index (κ1) is 14.6. The minimum atomic E-state index is -0.0633. The van der Waals surface area contributed by atoms with Crippen LogP contribution in [0.5, 0.6) is 0 Å². The molecule has 0 unspecified atom stereocenters. The molecule has 1 atom stereocenters. The van der Waals surface area contributed by atoms with Crippen molar-refractivity contribution in [3.8, 4) is 11.4 Å². The predicted octanol–water partition coefficient (Wildman–Crippen LogP) is 3.11. The van der Waals surface area contributed by atoms with Crippen LogP contribution in [-0.2, 0) is 0 Å². The number of carbonyl (C=O) groups excluding carboxylic acids is 1. The molecule has 0 saturated carbocycles. The third-order valence-electron chi connectivity index (χ3n) is 4.20. The Bertz CT molecular complexity index is 816. The molecule has 1 amide bonds. The fourth-order valence-corrected chi connectivity index (χ4v) is 3.03. The summed E-state index contributed by atoms with van der Waals surface area (Å²) in [5, 5.41) is 0. The van der Waals surface area contributed by atoms with E-state index in [0.717, 1.165) is 24.2 Å². The first-order chi connectivity index (χ1) is 11.8. The van der Waals surface area contributed by atoms with Gasteiger partial charge in [0.05, 0.1) is 17.9 Å². The summed E-state index contributed by atoms with van der Waals surface area (Å²) in [5.74, 6) is 1.32. The Balaban J connectivity index is 1.56. The molecule has 6 heteroatoms. The molecule has 24 heavy (non-hydrogen) atoms. The quantitative estimate of drug-likeness (QED) is 0.741. The topological polar surface area (TPSA) is 72.1 Å². The number of pyridine rings is 1. The first-order valence-corrected chi connectivity index (χ1v) is 7.90. The second-order valence-corrected chi connectivity index (χ2v) is 5.71. The van der Waals surface area contributed by atoms with Crippen molar-refractivity contribution in [1.29, 1.82) is 0 Å². The van der Waals surface area contributed by atoms with E-state index in [9.17, 15) is 4.79 Å². The molecular formula is C18H16N4O2. The normalized spacial score (nSPS) is 17.2. The molecule has 1 aliphatic heterocycles. The van der Waals surface area contributed by atoms with Gasteiger partial charge in [-0.05, 0) is 37.1 Å². The Labute approximate surface area is 139 Å². The number of hydrogen-bond acceptors (Lipinski definition) is 5. The van der Waals surface area contributed by atoms with Gasteiger partial charge in [-0.2, -0.15) is 0 Å². The Hall–Kier alpha value is -3.02. The molecule has 0 aliphatic carbocycles. The van der Waals surface area contributed by atoms with Crippen LogP contribution in [0.4, 0.5) is 0 Å². The van der Waals surface area contributed by atoms with Crippen LogP contribution in [0.1, 0.15) is 35.0 Å². The zero-order chi connectivity index (χ0) is 16.4. The van der Waals surface area contributed by atoms with Gasteiger partial charge >= 0.3 is 0 Å². The van der Waals surface area contributed by atoms with Gasteiger partial charge in [0.2, 0.25) is 0 Å². The van der Waals surface area contributed by atoms with E-state index >= 15 is 0 Å². The van der Waals surface area contributed by atoms with Gasteiger partial charge in [0.25, 0.3) is 5.91 Å². The number of nitrogens with zero attached hydrogens (tertiary/aromatic N) is 4. The summed E-state index contributed by atoms with van der Waals surface area (Å²) in [7, 11) is 0. The molecule has 0 radical (unpaired) electrons. The average Bonchev–Trinajstić information content (AvgIpc) is 3.33. The van der Waals surface area contributed by atoms with Gasteiger partial charge < -0.3 is 9.32 Å². The van der Waals surface area contributed by atoms with Crippen LogP contribution < -0.4 is 0 Å². The Morgan fingerprint density at radius 3 is 2.75 bits per heavy atom. The van der Waals surface area contributed by atoms with E-state index in [-0.39, 0.29) is 11.9 Å². The minimum absolute atomic E-state index is 0.00880. The zero-order valence-electron chi connectivity index (χ0n) is 13.0. The molecule has 120 valence electrons. The zero-order valence-corrected chi connectivity index (χ0v) is 13.0. The van der Waals surface area contributed by atoms with Crippen molar-refractivity contribution in [2.24, 2.45) is 0 Å². The molecule has 4 heterocycles. The lowest BCUT2D eigenvalue weighted by molar-refractivity contribution is 0.0719. The SMILES string of the molecule is O=C(c1cnc(-c2cccnc2)nc1)N1CCC[C@@H]1c1ccco1. The molecule has 1 fully saturated rings. The number of amides is 1. The van der Waals surface area contributed by atoms with Crippen LogP contribution in [-0.4, -0.2) is 32.3 Å². The molecule has 0 spiro atoms. The highest BCUT2D eigenvalue weighted by molar-refractivity contribution is 5.94. The molecular weight excluding hydrogens is 304 g/mol. The first-order valence-electron chi connectivity index (χ1n) is 7.90. The molecule has 6 nitrogen and oxygen atoms in total. The van der Waals surface area contributed by atoms with Gasteiger partial charge in [0, 0.05) is 36.9 Å². The van der Waals surface area contributed by atoms with Crippen molar-refractivity contribution in [2.75, 3.05) is 6.54 Å². The maximum Gasteiger partial charge on any atom is 0.257 e. The summed E-state index contributed by atoms with van der Waals surface area (Å²) in [6, 6.07) is 7.47. The molecule has 4 rings (SSSR count). The van der Waals surface area contributed by atoms with Crippen molar-refractivity contribution >= 4 is 5.91 Å².